The summed E-state index contributed by atoms with van der Waals surface area (Å²) in [5, 5.41) is 0. The highest BCUT2D eigenvalue weighted by Gasteiger charge is 2.09. The Bertz CT molecular complexity index is 488. The molecule has 0 spiro atoms. The maximum Gasteiger partial charge on any atom is 0.234 e. The topological polar surface area (TPSA) is 55.4 Å². The van der Waals surface area contributed by atoms with Crippen LogP contribution in [0.3, 0.4) is 0 Å². The second kappa shape index (κ2) is 5.54. The molecule has 0 heterocycles. The van der Waals surface area contributed by atoms with Crippen LogP contribution in [0.25, 0.3) is 0 Å². The number of hydrogen-bond acceptors (Lipinski definition) is 3. The molecule has 0 fully saturated rings. The van der Waals surface area contributed by atoms with Crippen LogP contribution in [0.1, 0.15) is 5.56 Å². The Hall–Kier alpha value is -1.51. The lowest BCUT2D eigenvalue weighted by molar-refractivity contribution is 0.217. The fourth-order valence-electron chi connectivity index (χ4n) is 1.10. The molecular formula is C11H13NO3S. The van der Waals surface area contributed by atoms with Gasteiger partial charge in [-0.3, -0.25) is 4.72 Å². The number of terminal acetylenes is 1. The highest BCUT2D eigenvalue weighted by atomic mass is 32.2. The van der Waals surface area contributed by atoms with Crippen LogP contribution in [0.15, 0.2) is 24.3 Å². The van der Waals surface area contributed by atoms with E-state index in [4.69, 9.17) is 11.2 Å². The number of anilines is 1. The van der Waals surface area contributed by atoms with Crippen LogP contribution in [0.2, 0.25) is 0 Å². The van der Waals surface area contributed by atoms with Gasteiger partial charge in [-0.2, -0.15) is 0 Å². The molecule has 0 radical (unpaired) electrons. The van der Waals surface area contributed by atoms with Crippen LogP contribution in [0, 0.1) is 12.3 Å². The van der Waals surface area contributed by atoms with Crippen LogP contribution in [0.4, 0.5) is 5.69 Å². The third-order valence-electron chi connectivity index (χ3n) is 1.86. The maximum atomic E-state index is 11.5. The van der Waals surface area contributed by atoms with Crippen molar-refractivity contribution in [1.29, 1.82) is 0 Å². The van der Waals surface area contributed by atoms with Crippen molar-refractivity contribution >= 4 is 15.7 Å². The summed E-state index contributed by atoms with van der Waals surface area (Å²) < 4.78 is 30.2. The molecule has 0 aliphatic rings. The molecule has 0 amide bonds. The highest BCUT2D eigenvalue weighted by Crippen LogP contribution is 2.11. The van der Waals surface area contributed by atoms with Crippen LogP contribution < -0.4 is 4.72 Å². The molecule has 0 aromatic heterocycles. The lowest BCUT2D eigenvalue weighted by Crippen LogP contribution is -2.19. The average Bonchev–Trinajstić information content (AvgIpc) is 2.26. The van der Waals surface area contributed by atoms with Gasteiger partial charge in [0.1, 0.15) is 0 Å². The van der Waals surface area contributed by atoms with E-state index < -0.39 is 10.0 Å². The molecule has 0 saturated heterocycles. The number of methoxy groups -OCH3 is 1. The minimum atomic E-state index is -3.37. The number of rotatable bonds is 5. The SMILES string of the molecule is C#Cc1cccc(NS(=O)(=O)CCOC)c1. The fraction of sp³-hybridized carbons (Fsp3) is 0.273. The normalized spacial score (nSPS) is 10.8. The molecule has 86 valence electrons. The summed E-state index contributed by atoms with van der Waals surface area (Å²) in [4.78, 5) is 0. The van der Waals surface area contributed by atoms with E-state index in [0.717, 1.165) is 0 Å². The molecule has 5 heteroatoms. The summed E-state index contributed by atoms with van der Waals surface area (Å²) >= 11 is 0. The van der Waals surface area contributed by atoms with Gasteiger partial charge in [-0.15, -0.1) is 6.42 Å². The van der Waals surface area contributed by atoms with E-state index >= 15 is 0 Å². The molecule has 1 N–H and O–H groups in total. The van der Waals surface area contributed by atoms with E-state index in [0.29, 0.717) is 11.3 Å². The summed E-state index contributed by atoms with van der Waals surface area (Å²) in [7, 11) is -1.91. The summed E-state index contributed by atoms with van der Waals surface area (Å²) in [6.07, 6.45) is 5.22. The molecule has 0 aliphatic carbocycles. The molecule has 1 rings (SSSR count). The van der Waals surface area contributed by atoms with Gasteiger partial charge in [0.05, 0.1) is 12.4 Å². The molecule has 0 aliphatic heterocycles. The molecule has 1 aromatic carbocycles. The summed E-state index contributed by atoms with van der Waals surface area (Å²) in [5.41, 5.74) is 1.10. The average molecular weight is 239 g/mol. The van der Waals surface area contributed by atoms with Crippen molar-refractivity contribution in [3.8, 4) is 12.3 Å². The molecule has 16 heavy (non-hydrogen) atoms. The largest absolute Gasteiger partial charge is 0.384 e. The predicted octanol–water partition coefficient (Wildman–Crippen LogP) is 1.06. The smallest absolute Gasteiger partial charge is 0.234 e. The van der Waals surface area contributed by atoms with E-state index in [-0.39, 0.29) is 12.4 Å². The minimum absolute atomic E-state index is 0.0796. The standard InChI is InChI=1S/C11H13NO3S/c1-3-10-5-4-6-11(9-10)12-16(13,14)8-7-15-2/h1,4-6,9,12H,7-8H2,2H3. The molecule has 1 aromatic rings. The Labute approximate surface area is 95.7 Å². The first kappa shape index (κ1) is 12.6. The Morgan fingerprint density at radius 3 is 2.88 bits per heavy atom. The number of nitrogens with one attached hydrogen (secondary N) is 1. The van der Waals surface area contributed by atoms with Crippen molar-refractivity contribution in [3.05, 3.63) is 29.8 Å². The predicted molar refractivity (Wildman–Crippen MR) is 63.7 cm³/mol. The van der Waals surface area contributed by atoms with Gasteiger partial charge in [-0.05, 0) is 18.2 Å². The van der Waals surface area contributed by atoms with Crippen LogP contribution in [-0.4, -0.2) is 27.9 Å². The van der Waals surface area contributed by atoms with Gasteiger partial charge >= 0.3 is 0 Å². The van der Waals surface area contributed by atoms with E-state index in [1.54, 1.807) is 24.3 Å². The molecule has 0 atom stereocenters. The Balaban J connectivity index is 2.77. The van der Waals surface area contributed by atoms with Gasteiger partial charge in [-0.1, -0.05) is 12.0 Å². The lowest BCUT2D eigenvalue weighted by Gasteiger charge is -2.07. The van der Waals surface area contributed by atoms with Crippen molar-refractivity contribution in [2.75, 3.05) is 24.2 Å². The zero-order valence-corrected chi connectivity index (χ0v) is 9.75. The monoisotopic (exact) mass is 239 g/mol. The van der Waals surface area contributed by atoms with E-state index in [2.05, 4.69) is 10.6 Å². The third-order valence-corrected chi connectivity index (χ3v) is 3.11. The summed E-state index contributed by atoms with van der Waals surface area (Å²) in [6.45, 7) is 0.157. The zero-order chi connectivity index (χ0) is 12.0. The van der Waals surface area contributed by atoms with E-state index in [9.17, 15) is 8.42 Å². The summed E-state index contributed by atoms with van der Waals surface area (Å²) in [6, 6.07) is 6.67. The number of sulfonamides is 1. The molecule has 0 unspecified atom stereocenters. The second-order valence-corrected chi connectivity index (χ2v) is 4.98. The van der Waals surface area contributed by atoms with Gasteiger partial charge in [0, 0.05) is 18.4 Å². The minimum Gasteiger partial charge on any atom is -0.384 e. The first-order chi connectivity index (χ1) is 7.57. The van der Waals surface area contributed by atoms with Crippen molar-refractivity contribution in [3.63, 3.8) is 0 Å². The quantitative estimate of drug-likeness (QED) is 0.782. The molecule has 4 nitrogen and oxygen atoms in total. The van der Waals surface area contributed by atoms with Crippen LogP contribution >= 0.6 is 0 Å². The third kappa shape index (κ3) is 3.93. The fourth-order valence-corrected chi connectivity index (χ4v) is 2.07. The molecular weight excluding hydrogens is 226 g/mol. The first-order valence-electron chi connectivity index (χ1n) is 4.63. The highest BCUT2D eigenvalue weighted by molar-refractivity contribution is 7.92. The van der Waals surface area contributed by atoms with Crippen molar-refractivity contribution in [1.82, 2.24) is 0 Å². The van der Waals surface area contributed by atoms with Crippen LogP contribution in [-0.2, 0) is 14.8 Å². The van der Waals surface area contributed by atoms with Gasteiger partial charge in [0.2, 0.25) is 10.0 Å². The molecule has 0 saturated carbocycles. The van der Waals surface area contributed by atoms with E-state index in [1.165, 1.54) is 7.11 Å². The second-order valence-electron chi connectivity index (χ2n) is 3.14. The Morgan fingerprint density at radius 2 is 2.25 bits per heavy atom. The van der Waals surface area contributed by atoms with E-state index in [1.807, 2.05) is 0 Å². The van der Waals surface area contributed by atoms with Crippen molar-refractivity contribution in [2.45, 2.75) is 0 Å². The first-order valence-corrected chi connectivity index (χ1v) is 6.29. The van der Waals surface area contributed by atoms with Crippen molar-refractivity contribution in [2.24, 2.45) is 0 Å². The Morgan fingerprint density at radius 1 is 1.50 bits per heavy atom. The Kier molecular flexibility index (Phi) is 4.35. The van der Waals surface area contributed by atoms with Crippen LogP contribution in [0.5, 0.6) is 0 Å². The number of ether oxygens (including phenoxy) is 1. The summed E-state index contributed by atoms with van der Waals surface area (Å²) in [5.74, 6) is 2.36. The van der Waals surface area contributed by atoms with Gasteiger partial charge in [0.25, 0.3) is 0 Å². The molecule has 0 bridgehead atoms. The zero-order valence-electron chi connectivity index (χ0n) is 8.93. The van der Waals surface area contributed by atoms with Gasteiger partial charge in [-0.25, -0.2) is 8.42 Å². The van der Waals surface area contributed by atoms with Crippen molar-refractivity contribution < 1.29 is 13.2 Å². The van der Waals surface area contributed by atoms with Gasteiger partial charge in [0.15, 0.2) is 0 Å². The lowest BCUT2D eigenvalue weighted by atomic mass is 10.2. The van der Waals surface area contributed by atoms with Gasteiger partial charge < -0.3 is 4.74 Å². The number of benzene rings is 1. The maximum absolute atomic E-state index is 11.5. The number of hydrogen-bond donors (Lipinski definition) is 1.